The zero-order chi connectivity index (χ0) is 25.9. The van der Waals surface area contributed by atoms with Gasteiger partial charge in [0.2, 0.25) is 10.0 Å². The van der Waals surface area contributed by atoms with Gasteiger partial charge in [0.15, 0.2) is 11.5 Å². The van der Waals surface area contributed by atoms with Gasteiger partial charge in [0.1, 0.15) is 18.1 Å². The first-order chi connectivity index (χ1) is 16.4. The van der Waals surface area contributed by atoms with Crippen molar-refractivity contribution in [3.8, 4) is 17.2 Å². The molecule has 3 rings (SSSR count). The van der Waals surface area contributed by atoms with E-state index in [9.17, 15) is 22.7 Å². The number of carboxylic acids is 1. The summed E-state index contributed by atoms with van der Waals surface area (Å²) < 4.78 is 47.1. The highest BCUT2D eigenvalue weighted by atomic mass is 32.2. The SMILES string of the molecule is C=CC1=C(N(C)CC(=O)O)CCC[C@H]1N(C)S(=O)(=O)c1ccc(Oc2ccc(F)cc2C)c(O)c1. The van der Waals surface area contributed by atoms with Crippen molar-refractivity contribution in [2.24, 2.45) is 0 Å². The Hall–Kier alpha value is -3.37. The zero-order valence-corrected chi connectivity index (χ0v) is 20.7. The van der Waals surface area contributed by atoms with Crippen LogP contribution in [0.5, 0.6) is 17.2 Å². The normalized spacial score (nSPS) is 16.3. The molecular weight excluding hydrogens is 475 g/mol. The number of halogens is 1. The molecule has 0 heterocycles. The predicted octanol–water partition coefficient (Wildman–Crippen LogP) is 4.26. The zero-order valence-electron chi connectivity index (χ0n) is 19.9. The van der Waals surface area contributed by atoms with Crippen molar-refractivity contribution < 1.29 is 32.6 Å². The summed E-state index contributed by atoms with van der Waals surface area (Å²) in [6.45, 7) is 5.27. The summed E-state index contributed by atoms with van der Waals surface area (Å²) in [5.41, 5.74) is 1.91. The third kappa shape index (κ3) is 5.66. The van der Waals surface area contributed by atoms with Gasteiger partial charge < -0.3 is 19.8 Å². The van der Waals surface area contributed by atoms with E-state index in [4.69, 9.17) is 9.84 Å². The number of phenolic OH excluding ortho intramolecular Hbond substituents is 1. The van der Waals surface area contributed by atoms with Crippen LogP contribution in [0.2, 0.25) is 0 Å². The molecule has 8 nitrogen and oxygen atoms in total. The van der Waals surface area contributed by atoms with Crippen LogP contribution in [0.25, 0.3) is 0 Å². The van der Waals surface area contributed by atoms with E-state index in [1.165, 1.54) is 41.7 Å². The number of aromatic hydroxyl groups is 1. The largest absolute Gasteiger partial charge is 0.504 e. The summed E-state index contributed by atoms with van der Waals surface area (Å²) in [5, 5.41) is 19.6. The van der Waals surface area contributed by atoms with Gasteiger partial charge in [-0.05, 0) is 67.7 Å². The second-order valence-electron chi connectivity index (χ2n) is 8.43. The van der Waals surface area contributed by atoms with Crippen LogP contribution in [0.3, 0.4) is 0 Å². The van der Waals surface area contributed by atoms with E-state index in [0.29, 0.717) is 36.1 Å². The Labute approximate surface area is 204 Å². The fraction of sp³-hybridized carbons (Fsp3) is 0.320. The number of carboxylic acid groups (broad SMARTS) is 1. The van der Waals surface area contributed by atoms with Gasteiger partial charge in [-0.25, -0.2) is 12.8 Å². The van der Waals surface area contributed by atoms with Gasteiger partial charge in [0, 0.05) is 25.9 Å². The van der Waals surface area contributed by atoms with E-state index in [1.807, 2.05) is 0 Å². The lowest BCUT2D eigenvalue weighted by Gasteiger charge is -2.36. The number of ether oxygens (including phenoxy) is 1. The van der Waals surface area contributed by atoms with E-state index in [0.717, 1.165) is 11.8 Å². The van der Waals surface area contributed by atoms with Crippen LogP contribution in [-0.4, -0.2) is 60.5 Å². The van der Waals surface area contributed by atoms with E-state index in [1.54, 1.807) is 24.9 Å². The molecule has 0 bridgehead atoms. The van der Waals surface area contributed by atoms with Gasteiger partial charge in [-0.2, -0.15) is 4.31 Å². The number of benzene rings is 2. The molecular formula is C25H29FN2O6S. The Kier molecular flexibility index (Phi) is 7.86. The minimum atomic E-state index is -4.03. The van der Waals surface area contributed by atoms with Crippen molar-refractivity contribution in [3.63, 3.8) is 0 Å². The maximum absolute atomic E-state index is 13.4. The minimum Gasteiger partial charge on any atom is -0.504 e. The molecule has 0 amide bonds. The van der Waals surface area contributed by atoms with E-state index in [2.05, 4.69) is 6.58 Å². The van der Waals surface area contributed by atoms with Crippen LogP contribution in [0, 0.1) is 12.7 Å². The summed E-state index contributed by atoms with van der Waals surface area (Å²) in [5.74, 6) is -1.43. The summed E-state index contributed by atoms with van der Waals surface area (Å²) in [6, 6.07) is 7.18. The lowest BCUT2D eigenvalue weighted by atomic mass is 9.90. The molecule has 188 valence electrons. The number of allylic oxidation sites excluding steroid dienone is 1. The van der Waals surface area contributed by atoms with Gasteiger partial charge in [-0.3, -0.25) is 4.79 Å². The molecule has 1 atom stereocenters. The lowest BCUT2D eigenvalue weighted by Crippen LogP contribution is -2.41. The lowest BCUT2D eigenvalue weighted by molar-refractivity contribution is -0.137. The van der Waals surface area contributed by atoms with Gasteiger partial charge in [-0.1, -0.05) is 12.7 Å². The van der Waals surface area contributed by atoms with Crippen LogP contribution in [0.15, 0.2) is 65.2 Å². The fourth-order valence-corrected chi connectivity index (χ4v) is 5.61. The Morgan fingerprint density at radius 1 is 1.23 bits per heavy atom. The third-order valence-electron chi connectivity index (χ3n) is 6.04. The number of sulfonamides is 1. The average molecular weight is 505 g/mol. The summed E-state index contributed by atoms with van der Waals surface area (Å²) in [4.78, 5) is 12.6. The smallest absolute Gasteiger partial charge is 0.323 e. The number of aliphatic carboxylic acids is 1. The number of aryl methyl sites for hydroxylation is 1. The van der Waals surface area contributed by atoms with Crippen LogP contribution in [0.1, 0.15) is 24.8 Å². The van der Waals surface area contributed by atoms with Gasteiger partial charge in [-0.15, -0.1) is 0 Å². The molecule has 1 aliphatic rings. The molecule has 0 aliphatic heterocycles. The highest BCUT2D eigenvalue weighted by Crippen LogP contribution is 2.37. The van der Waals surface area contributed by atoms with Crippen molar-refractivity contribution in [2.75, 3.05) is 20.6 Å². The Morgan fingerprint density at radius 3 is 2.51 bits per heavy atom. The summed E-state index contributed by atoms with van der Waals surface area (Å²) in [6.07, 6.45) is 3.41. The van der Waals surface area contributed by atoms with E-state index in [-0.39, 0.29) is 22.9 Å². The molecule has 2 N–H and O–H groups in total. The minimum absolute atomic E-state index is 0.0308. The van der Waals surface area contributed by atoms with Crippen LogP contribution >= 0.6 is 0 Å². The molecule has 2 aromatic carbocycles. The first kappa shape index (κ1) is 26.2. The van der Waals surface area contributed by atoms with Crippen molar-refractivity contribution in [1.82, 2.24) is 9.21 Å². The first-order valence-electron chi connectivity index (χ1n) is 11.0. The second kappa shape index (κ2) is 10.5. The Morgan fingerprint density at radius 2 is 1.91 bits per heavy atom. The molecule has 0 saturated carbocycles. The topological polar surface area (TPSA) is 107 Å². The maximum atomic E-state index is 13.4. The van der Waals surface area contributed by atoms with Crippen molar-refractivity contribution >= 4 is 16.0 Å². The first-order valence-corrected chi connectivity index (χ1v) is 12.4. The summed E-state index contributed by atoms with van der Waals surface area (Å²) >= 11 is 0. The highest BCUT2D eigenvalue weighted by molar-refractivity contribution is 7.89. The number of nitrogens with zero attached hydrogens (tertiary/aromatic N) is 2. The monoisotopic (exact) mass is 504 g/mol. The summed E-state index contributed by atoms with van der Waals surface area (Å²) in [7, 11) is -0.921. The standard InChI is InChI=1S/C25H29FN2O6S/c1-5-19-20(27(3)15-25(30)31)7-6-8-21(19)28(4)35(32,33)18-10-12-24(22(29)14-18)34-23-11-9-17(26)13-16(23)2/h5,9-14,21,29H,1,6-8,15H2,2-4H3,(H,30,31)/t21-/m1/s1. The van der Waals surface area contributed by atoms with Crippen LogP contribution < -0.4 is 4.74 Å². The number of likely N-dealkylation sites (N-methyl/N-ethyl adjacent to an activating group) is 2. The Balaban J connectivity index is 1.90. The molecule has 10 heteroatoms. The maximum Gasteiger partial charge on any atom is 0.323 e. The van der Waals surface area contributed by atoms with E-state index >= 15 is 0 Å². The van der Waals surface area contributed by atoms with Crippen molar-refractivity contribution in [2.45, 2.75) is 37.1 Å². The molecule has 0 aromatic heterocycles. The molecule has 2 aromatic rings. The quantitative estimate of drug-likeness (QED) is 0.525. The van der Waals surface area contributed by atoms with Crippen molar-refractivity contribution in [3.05, 3.63) is 71.7 Å². The Bertz CT molecular complexity index is 1270. The van der Waals surface area contributed by atoms with Crippen LogP contribution in [0.4, 0.5) is 4.39 Å². The molecule has 0 spiro atoms. The molecule has 0 fully saturated rings. The molecule has 0 unspecified atom stereocenters. The van der Waals surface area contributed by atoms with E-state index < -0.39 is 27.9 Å². The highest BCUT2D eigenvalue weighted by Gasteiger charge is 2.34. The predicted molar refractivity (Wildman–Crippen MR) is 129 cm³/mol. The van der Waals surface area contributed by atoms with Gasteiger partial charge >= 0.3 is 5.97 Å². The molecule has 0 radical (unpaired) electrons. The van der Waals surface area contributed by atoms with Crippen LogP contribution in [-0.2, 0) is 14.8 Å². The van der Waals surface area contributed by atoms with Gasteiger partial charge in [0.25, 0.3) is 0 Å². The second-order valence-corrected chi connectivity index (χ2v) is 10.4. The van der Waals surface area contributed by atoms with Gasteiger partial charge in [0.05, 0.1) is 10.9 Å². The fourth-order valence-electron chi connectivity index (χ4n) is 4.22. The number of hydrogen-bond donors (Lipinski definition) is 2. The number of hydrogen-bond acceptors (Lipinski definition) is 6. The van der Waals surface area contributed by atoms with Crippen molar-refractivity contribution in [1.29, 1.82) is 0 Å². The molecule has 1 aliphatic carbocycles. The molecule has 0 saturated heterocycles. The average Bonchev–Trinajstić information content (AvgIpc) is 2.80. The molecule has 35 heavy (non-hydrogen) atoms. The number of carbonyl (C=O) groups is 1. The number of phenols is 1. The number of rotatable bonds is 9. The third-order valence-corrected chi connectivity index (χ3v) is 7.90.